The minimum Gasteiger partial charge on any atom is -0.458 e. The first-order chi connectivity index (χ1) is 16.4. The number of piperidine rings is 1. The van der Waals surface area contributed by atoms with Crippen LogP contribution in [-0.4, -0.2) is 46.1 Å². The van der Waals surface area contributed by atoms with Gasteiger partial charge in [0.05, 0.1) is 29.7 Å². The summed E-state index contributed by atoms with van der Waals surface area (Å²) in [5, 5.41) is 18.0. The van der Waals surface area contributed by atoms with Crippen LogP contribution >= 0.6 is 23.4 Å². The predicted octanol–water partition coefficient (Wildman–Crippen LogP) is 3.67. The van der Waals surface area contributed by atoms with Crippen molar-refractivity contribution in [1.82, 2.24) is 5.32 Å². The lowest BCUT2D eigenvalue weighted by Gasteiger charge is -2.47. The van der Waals surface area contributed by atoms with Crippen molar-refractivity contribution >= 4 is 29.3 Å². The Kier molecular flexibility index (Phi) is 6.27. The molecule has 6 aliphatic rings. The van der Waals surface area contributed by atoms with Crippen molar-refractivity contribution < 1.29 is 20.0 Å². The summed E-state index contributed by atoms with van der Waals surface area (Å²) in [6.45, 7) is 6.94. The van der Waals surface area contributed by atoms with Gasteiger partial charge in [0.2, 0.25) is 0 Å². The zero-order chi connectivity index (χ0) is 23.7. The molecule has 0 spiro atoms. The van der Waals surface area contributed by atoms with Crippen molar-refractivity contribution in [3.05, 3.63) is 21.7 Å². The van der Waals surface area contributed by atoms with Gasteiger partial charge in [-0.1, -0.05) is 32.0 Å². The number of hydrogen-bond acceptors (Lipinski definition) is 5. The number of nitrogens with one attached hydrogen (secondary N) is 1. The summed E-state index contributed by atoms with van der Waals surface area (Å²) in [5.41, 5.74) is 3.62. The van der Waals surface area contributed by atoms with Crippen LogP contribution < -0.4 is 10.6 Å². The van der Waals surface area contributed by atoms with E-state index in [1.807, 2.05) is 11.8 Å². The van der Waals surface area contributed by atoms with Crippen LogP contribution in [0.3, 0.4) is 0 Å². The van der Waals surface area contributed by atoms with Gasteiger partial charge in [0.15, 0.2) is 0 Å². The molecule has 34 heavy (non-hydrogen) atoms. The highest BCUT2D eigenvalue weighted by Gasteiger charge is 2.55. The zero-order valence-electron chi connectivity index (χ0n) is 20.6. The highest BCUT2D eigenvalue weighted by atomic mass is 35.5. The normalized spacial score (nSPS) is 48.4. The molecule has 0 aromatic rings. The Morgan fingerprint density at radius 1 is 1.15 bits per heavy atom. The van der Waals surface area contributed by atoms with Crippen molar-refractivity contribution in [3.63, 3.8) is 0 Å². The zero-order valence-corrected chi connectivity index (χ0v) is 22.2. The summed E-state index contributed by atoms with van der Waals surface area (Å²) in [6, 6.07) is 0.663. The summed E-state index contributed by atoms with van der Waals surface area (Å²) in [4.78, 5) is 15.0. The van der Waals surface area contributed by atoms with Crippen molar-refractivity contribution in [2.24, 2.45) is 29.6 Å². The fourth-order valence-corrected chi connectivity index (χ4v) is 10.2. The molecule has 9 atom stereocenters. The van der Waals surface area contributed by atoms with Crippen LogP contribution in [-0.2, 0) is 9.53 Å². The topological polar surface area (TPSA) is 75.2 Å². The van der Waals surface area contributed by atoms with Gasteiger partial charge in [-0.2, -0.15) is 0 Å². The van der Waals surface area contributed by atoms with Gasteiger partial charge in [-0.15, -0.1) is 11.6 Å². The number of alkyl halides is 1. The number of rotatable bonds is 2. The van der Waals surface area contributed by atoms with Gasteiger partial charge in [-0.25, -0.2) is 4.79 Å². The molecule has 7 heteroatoms. The summed E-state index contributed by atoms with van der Waals surface area (Å²) >= 11 is 8.47. The van der Waals surface area contributed by atoms with E-state index >= 15 is 0 Å². The number of carbonyl (C=O) groups excluding carboxylic acids is 1. The van der Waals surface area contributed by atoms with Gasteiger partial charge in [0, 0.05) is 34.7 Å². The lowest BCUT2D eigenvalue weighted by Crippen LogP contribution is -2.96. The summed E-state index contributed by atoms with van der Waals surface area (Å²) < 4.78 is 6.11. The third kappa shape index (κ3) is 3.77. The van der Waals surface area contributed by atoms with Crippen molar-refractivity contribution in [1.29, 1.82) is 0 Å². The van der Waals surface area contributed by atoms with Crippen molar-refractivity contribution in [2.75, 3.05) is 0 Å². The number of hydrogen-bond donors (Lipinski definition) is 3. The summed E-state index contributed by atoms with van der Waals surface area (Å²) in [7, 11) is 0. The minimum atomic E-state index is -0.376. The second kappa shape index (κ2) is 9.00. The van der Waals surface area contributed by atoms with E-state index in [1.54, 1.807) is 0 Å². The van der Waals surface area contributed by atoms with Crippen LogP contribution in [0.2, 0.25) is 0 Å². The molecule has 4 heterocycles. The van der Waals surface area contributed by atoms with Crippen LogP contribution in [0.5, 0.6) is 0 Å². The number of carbonyl (C=O) groups is 1. The lowest BCUT2D eigenvalue weighted by atomic mass is 9.67. The molecule has 9 unspecified atom stereocenters. The van der Waals surface area contributed by atoms with Crippen LogP contribution in [0.15, 0.2) is 21.7 Å². The molecule has 5 nitrogen and oxygen atoms in total. The minimum absolute atomic E-state index is 0.0317. The number of ether oxygens (including phenoxy) is 1. The number of fused-ring (bicyclic) bond motifs is 5. The van der Waals surface area contributed by atoms with Crippen LogP contribution in [0.25, 0.3) is 0 Å². The van der Waals surface area contributed by atoms with E-state index in [4.69, 9.17) is 16.3 Å². The highest BCUT2D eigenvalue weighted by molar-refractivity contribution is 8.04. The SMILES string of the molecule is CCC1CC2C3=C(C(=O)OC2CC1O)C(C1CCC(Cl)CC1)NC1=C3SC2[NH2+]C(C)CC(C)C12. The molecular formula is C27H40ClN2O3S+. The van der Waals surface area contributed by atoms with Crippen molar-refractivity contribution in [2.45, 2.75) is 107 Å². The molecule has 4 aliphatic heterocycles. The number of aliphatic hydroxyl groups is 1. The molecular weight excluding hydrogens is 468 g/mol. The molecule has 0 aromatic heterocycles. The molecule has 0 bridgehead atoms. The number of allylic oxidation sites excluding steroid dienone is 1. The molecule has 2 aliphatic carbocycles. The Morgan fingerprint density at radius 3 is 2.65 bits per heavy atom. The second-order valence-electron chi connectivity index (χ2n) is 12.0. The monoisotopic (exact) mass is 507 g/mol. The third-order valence-corrected chi connectivity index (χ3v) is 11.6. The molecule has 6 rings (SSSR count). The van der Waals surface area contributed by atoms with E-state index in [0.29, 0.717) is 35.6 Å². The van der Waals surface area contributed by atoms with Crippen LogP contribution in [0.1, 0.15) is 72.1 Å². The third-order valence-electron chi connectivity index (χ3n) is 9.79. The van der Waals surface area contributed by atoms with Gasteiger partial charge in [-0.05, 0) is 62.4 Å². The number of dihydropyridines is 1. The van der Waals surface area contributed by atoms with Gasteiger partial charge in [0.25, 0.3) is 0 Å². The largest absolute Gasteiger partial charge is 0.458 e. The first-order valence-electron chi connectivity index (χ1n) is 13.7. The summed E-state index contributed by atoms with van der Waals surface area (Å²) in [6.07, 6.45) is 7.27. The molecule has 3 fully saturated rings. The van der Waals surface area contributed by atoms with E-state index < -0.39 is 0 Å². The first-order valence-corrected chi connectivity index (χ1v) is 15.0. The number of thioether (sulfide) groups is 1. The summed E-state index contributed by atoms with van der Waals surface area (Å²) in [5.74, 6) is 1.89. The van der Waals surface area contributed by atoms with Crippen LogP contribution in [0, 0.1) is 29.6 Å². The predicted molar refractivity (Wildman–Crippen MR) is 135 cm³/mol. The number of quaternary nitrogens is 1. The Bertz CT molecular complexity index is 914. The maximum atomic E-state index is 13.6. The Balaban J connectivity index is 1.44. The van der Waals surface area contributed by atoms with E-state index in [1.165, 1.54) is 22.6 Å². The van der Waals surface area contributed by atoms with Crippen LogP contribution in [0.4, 0.5) is 0 Å². The smallest absolute Gasteiger partial charge is 0.336 e. The maximum absolute atomic E-state index is 13.6. The Hall–Kier alpha value is -0.690. The molecule has 0 amide bonds. The van der Waals surface area contributed by atoms with E-state index in [0.717, 1.165) is 44.1 Å². The first kappa shape index (κ1) is 23.7. The van der Waals surface area contributed by atoms with Gasteiger partial charge in [0.1, 0.15) is 11.5 Å². The van der Waals surface area contributed by atoms with Crippen molar-refractivity contribution in [3.8, 4) is 0 Å². The Labute approximate surface area is 212 Å². The molecule has 0 radical (unpaired) electrons. The average Bonchev–Trinajstić information content (AvgIpc) is 3.17. The fourth-order valence-electron chi connectivity index (χ4n) is 8.07. The lowest BCUT2D eigenvalue weighted by molar-refractivity contribution is -0.714. The van der Waals surface area contributed by atoms with Gasteiger partial charge in [-0.3, -0.25) is 0 Å². The standard InChI is InChI=1S/C27H39ClN2O3S/c1-4-14-10-17-19(11-18(14)31)33-27(32)22-21(17)25-24(20-12(2)9-13(3)29-26(20)34-25)30-23(22)15-5-7-16(28)8-6-15/h12-20,23,26,29-31H,4-11H2,1-3H3/p+1. The number of halogens is 1. The number of esters is 1. The molecule has 4 N–H and O–H groups in total. The van der Waals surface area contributed by atoms with E-state index in [9.17, 15) is 9.90 Å². The molecule has 2 saturated carbocycles. The quantitative estimate of drug-likeness (QED) is 0.393. The van der Waals surface area contributed by atoms with Gasteiger partial charge >= 0.3 is 5.97 Å². The number of nitrogens with two attached hydrogens (primary N) is 1. The second-order valence-corrected chi connectivity index (χ2v) is 13.8. The van der Waals surface area contributed by atoms with E-state index in [-0.39, 0.29) is 41.4 Å². The fraction of sp³-hybridized carbons (Fsp3) is 0.815. The average molecular weight is 508 g/mol. The van der Waals surface area contributed by atoms with Gasteiger partial charge < -0.3 is 20.5 Å². The molecule has 0 aromatic carbocycles. The molecule has 1 saturated heterocycles. The Morgan fingerprint density at radius 2 is 1.91 bits per heavy atom. The highest BCUT2D eigenvalue weighted by Crippen LogP contribution is 2.56. The number of aliphatic hydroxyl groups excluding tert-OH is 1. The maximum Gasteiger partial charge on any atom is 0.336 e. The molecule has 188 valence electrons. The van der Waals surface area contributed by atoms with E-state index in [2.05, 4.69) is 31.4 Å².